The summed E-state index contributed by atoms with van der Waals surface area (Å²) in [4.78, 5) is 0. The van der Waals surface area contributed by atoms with Crippen LogP contribution in [0.1, 0.15) is 17.2 Å². The Morgan fingerprint density at radius 3 is 2.47 bits per heavy atom. The fourth-order valence-electron chi connectivity index (χ4n) is 1.74. The Hall–Kier alpha value is -1.87. The molecule has 0 aliphatic carbocycles. The molecule has 0 aliphatic rings. The number of nitrogens with zero attached hydrogens (tertiary/aromatic N) is 1. The average Bonchev–Trinajstić information content (AvgIpc) is 2.36. The molecule has 0 saturated heterocycles. The minimum absolute atomic E-state index is 0.394. The van der Waals surface area contributed by atoms with Crippen molar-refractivity contribution < 1.29 is 0 Å². The summed E-state index contributed by atoms with van der Waals surface area (Å²) < 4.78 is 0. The Balaban J connectivity index is 2.49. The number of nitrogen functional groups attached to an aromatic ring is 1. The number of nitrogens with one attached hydrogen (secondary N) is 1. The van der Waals surface area contributed by atoms with E-state index in [1.54, 1.807) is 18.2 Å². The van der Waals surface area contributed by atoms with Crippen LogP contribution >= 0.6 is 11.6 Å². The highest BCUT2D eigenvalue weighted by Crippen LogP contribution is 2.31. The second-order valence-electron chi connectivity index (χ2n) is 3.72. The van der Waals surface area contributed by atoms with Gasteiger partial charge in [-0.3, -0.25) is 0 Å². The Bertz CT molecular complexity index is 525. The first kappa shape index (κ1) is 11.6. The molecule has 3 nitrogen and oxygen atoms in total. The van der Waals surface area contributed by atoms with Gasteiger partial charge in [0.1, 0.15) is 6.04 Å². The second kappa shape index (κ2) is 4.97. The molecule has 0 spiro atoms. The molecule has 0 saturated carbocycles. The van der Waals surface area contributed by atoms with Crippen LogP contribution in [0.5, 0.6) is 0 Å². The highest BCUT2D eigenvalue weighted by atomic mass is 35.5. The van der Waals surface area contributed by atoms with Gasteiger partial charge >= 0.3 is 0 Å². The number of halogens is 1. The van der Waals surface area contributed by atoms with E-state index < -0.39 is 6.04 Å². The third-order valence-electron chi connectivity index (χ3n) is 2.59. The number of hydrogen-bond acceptors (Lipinski definition) is 3. The maximum absolute atomic E-state index is 7.33. The maximum Gasteiger partial charge on any atom is 0.123 e. The van der Waals surface area contributed by atoms with Crippen LogP contribution in [0.3, 0.4) is 0 Å². The molecule has 2 aromatic carbocycles. The van der Waals surface area contributed by atoms with E-state index in [0.717, 1.165) is 11.1 Å². The maximum atomic E-state index is 7.33. The smallest absolute Gasteiger partial charge is 0.123 e. The summed E-state index contributed by atoms with van der Waals surface area (Å²) >= 11 is 5.95. The van der Waals surface area contributed by atoms with Gasteiger partial charge in [-0.2, -0.15) is 5.11 Å². The van der Waals surface area contributed by atoms with Crippen LogP contribution in [-0.4, -0.2) is 0 Å². The van der Waals surface area contributed by atoms with Gasteiger partial charge in [0.15, 0.2) is 0 Å². The van der Waals surface area contributed by atoms with Gasteiger partial charge in [0.05, 0.1) is 0 Å². The lowest BCUT2D eigenvalue weighted by Crippen LogP contribution is -2.01. The lowest BCUT2D eigenvalue weighted by Gasteiger charge is -2.14. The molecule has 2 rings (SSSR count). The van der Waals surface area contributed by atoms with Gasteiger partial charge in [-0.05, 0) is 23.8 Å². The van der Waals surface area contributed by atoms with Gasteiger partial charge in [0.2, 0.25) is 0 Å². The first-order valence-electron chi connectivity index (χ1n) is 5.19. The van der Waals surface area contributed by atoms with Crippen LogP contribution in [0.25, 0.3) is 0 Å². The number of rotatable bonds is 3. The predicted octanol–water partition coefficient (Wildman–Crippen LogP) is 4.04. The topological polar surface area (TPSA) is 62.2 Å². The molecule has 0 aromatic heterocycles. The van der Waals surface area contributed by atoms with E-state index in [1.807, 2.05) is 30.3 Å². The van der Waals surface area contributed by atoms with E-state index in [9.17, 15) is 0 Å². The Morgan fingerprint density at radius 2 is 1.82 bits per heavy atom. The van der Waals surface area contributed by atoms with E-state index in [-0.39, 0.29) is 0 Å². The summed E-state index contributed by atoms with van der Waals surface area (Å²) in [5.74, 6) is 0. The Morgan fingerprint density at radius 1 is 1.12 bits per heavy atom. The highest BCUT2D eigenvalue weighted by molar-refractivity contribution is 6.30. The van der Waals surface area contributed by atoms with Crippen LogP contribution in [-0.2, 0) is 0 Å². The van der Waals surface area contributed by atoms with Crippen molar-refractivity contribution in [3.8, 4) is 0 Å². The monoisotopic (exact) mass is 245 g/mol. The molecule has 0 fully saturated rings. The normalized spacial score (nSPS) is 12.1. The Labute approximate surface area is 105 Å². The van der Waals surface area contributed by atoms with Crippen LogP contribution in [0.15, 0.2) is 53.6 Å². The third-order valence-corrected chi connectivity index (χ3v) is 2.82. The van der Waals surface area contributed by atoms with Crippen LogP contribution < -0.4 is 5.73 Å². The van der Waals surface area contributed by atoms with Crippen LogP contribution in [0.4, 0.5) is 5.69 Å². The summed E-state index contributed by atoms with van der Waals surface area (Å²) in [7, 11) is 0. The molecule has 0 radical (unpaired) electrons. The van der Waals surface area contributed by atoms with Crippen molar-refractivity contribution in [3.05, 3.63) is 64.7 Å². The van der Waals surface area contributed by atoms with Crippen molar-refractivity contribution in [2.24, 2.45) is 5.11 Å². The summed E-state index contributed by atoms with van der Waals surface area (Å²) in [5, 5.41) is 4.24. The molecular weight excluding hydrogens is 234 g/mol. The van der Waals surface area contributed by atoms with Crippen molar-refractivity contribution in [3.63, 3.8) is 0 Å². The zero-order chi connectivity index (χ0) is 12.3. The number of nitrogens with two attached hydrogens (primary N) is 1. The van der Waals surface area contributed by atoms with E-state index in [4.69, 9.17) is 22.9 Å². The third kappa shape index (κ3) is 2.45. The van der Waals surface area contributed by atoms with Crippen LogP contribution in [0, 0.1) is 5.53 Å². The first-order valence-corrected chi connectivity index (χ1v) is 5.56. The van der Waals surface area contributed by atoms with Gasteiger partial charge in [-0.15, -0.1) is 0 Å². The first-order chi connectivity index (χ1) is 8.22. The number of hydrogen-bond donors (Lipinski definition) is 2. The molecule has 86 valence electrons. The van der Waals surface area contributed by atoms with E-state index >= 15 is 0 Å². The fraction of sp³-hybridized carbons (Fsp3) is 0.0769. The van der Waals surface area contributed by atoms with Gasteiger partial charge in [-0.25, -0.2) is 5.53 Å². The lowest BCUT2D eigenvalue weighted by atomic mass is 9.98. The quantitative estimate of drug-likeness (QED) is 0.622. The van der Waals surface area contributed by atoms with Gasteiger partial charge in [0.25, 0.3) is 0 Å². The molecule has 0 amide bonds. The second-order valence-corrected chi connectivity index (χ2v) is 4.15. The van der Waals surface area contributed by atoms with Crippen molar-refractivity contribution in [1.82, 2.24) is 0 Å². The van der Waals surface area contributed by atoms with Gasteiger partial charge < -0.3 is 5.73 Å². The summed E-state index contributed by atoms with van der Waals surface area (Å²) in [6.07, 6.45) is 0. The van der Waals surface area contributed by atoms with Crippen molar-refractivity contribution in [2.45, 2.75) is 6.04 Å². The SMILES string of the molecule is N=NC(c1ccccc1)c1cc(Cl)ccc1N. The van der Waals surface area contributed by atoms with Crippen molar-refractivity contribution in [1.29, 1.82) is 5.53 Å². The molecule has 0 aliphatic heterocycles. The summed E-state index contributed by atoms with van der Waals surface area (Å²) in [6.45, 7) is 0. The average molecular weight is 246 g/mol. The Kier molecular flexibility index (Phi) is 3.40. The zero-order valence-electron chi connectivity index (χ0n) is 9.10. The highest BCUT2D eigenvalue weighted by Gasteiger charge is 2.15. The summed E-state index contributed by atoms with van der Waals surface area (Å²) in [6, 6.07) is 14.4. The lowest BCUT2D eigenvalue weighted by molar-refractivity contribution is 0.778. The van der Waals surface area contributed by atoms with E-state index in [2.05, 4.69) is 5.11 Å². The minimum Gasteiger partial charge on any atom is -0.398 e. The molecule has 0 heterocycles. The molecule has 4 heteroatoms. The molecule has 0 bridgehead atoms. The van der Waals surface area contributed by atoms with Gasteiger partial charge in [-0.1, -0.05) is 41.9 Å². The predicted molar refractivity (Wildman–Crippen MR) is 69.3 cm³/mol. The number of anilines is 1. The fourth-order valence-corrected chi connectivity index (χ4v) is 1.92. The minimum atomic E-state index is -0.394. The van der Waals surface area contributed by atoms with E-state index in [1.165, 1.54) is 0 Å². The van der Waals surface area contributed by atoms with Crippen molar-refractivity contribution in [2.75, 3.05) is 5.73 Å². The van der Waals surface area contributed by atoms with Gasteiger partial charge in [0, 0.05) is 16.3 Å². The zero-order valence-corrected chi connectivity index (χ0v) is 9.85. The largest absolute Gasteiger partial charge is 0.398 e. The standard InChI is InChI=1S/C13H12ClN3/c14-10-6-7-12(15)11(8-10)13(17-16)9-4-2-1-3-5-9/h1-8,13,16H,15H2. The molecule has 2 aromatic rings. The molecule has 3 N–H and O–H groups in total. The van der Waals surface area contributed by atoms with Crippen LogP contribution in [0.2, 0.25) is 5.02 Å². The molecular formula is C13H12ClN3. The number of benzene rings is 2. The molecule has 1 unspecified atom stereocenters. The summed E-state index contributed by atoms with van der Waals surface area (Å²) in [5.41, 5.74) is 15.5. The van der Waals surface area contributed by atoms with E-state index in [0.29, 0.717) is 10.7 Å². The molecule has 1 atom stereocenters. The molecule has 17 heavy (non-hydrogen) atoms. The van der Waals surface area contributed by atoms with Crippen molar-refractivity contribution >= 4 is 17.3 Å².